The zero-order chi connectivity index (χ0) is 17.2. The summed E-state index contributed by atoms with van der Waals surface area (Å²) in [5, 5.41) is 6.19. The van der Waals surface area contributed by atoms with Crippen molar-refractivity contribution in [2.24, 2.45) is 11.8 Å². The second-order valence-electron chi connectivity index (χ2n) is 8.01. The summed E-state index contributed by atoms with van der Waals surface area (Å²) in [6, 6.07) is 0.210. The van der Waals surface area contributed by atoms with Gasteiger partial charge in [0.2, 0.25) is 5.91 Å². The number of nitrogens with zero attached hydrogens (tertiary/aromatic N) is 1. The van der Waals surface area contributed by atoms with Crippen molar-refractivity contribution in [2.75, 3.05) is 13.1 Å². The van der Waals surface area contributed by atoms with Gasteiger partial charge in [-0.1, -0.05) is 20.3 Å². The Balaban J connectivity index is 1.67. The second-order valence-corrected chi connectivity index (χ2v) is 8.01. The zero-order valence-corrected chi connectivity index (χ0v) is 15.3. The Hall–Kier alpha value is -1.26. The number of hydrogen-bond acceptors (Lipinski definition) is 2. The molecule has 2 N–H and O–H groups in total. The summed E-state index contributed by atoms with van der Waals surface area (Å²) in [5.74, 6) is 1.33. The third kappa shape index (κ3) is 3.14. The highest BCUT2D eigenvalue weighted by Gasteiger charge is 2.55. The van der Waals surface area contributed by atoms with E-state index < -0.39 is 0 Å². The SMILES string of the molecule is CCCCNC(=O)N[C@H]1CC[C@@]23CCCN2C(=O)CCC[C@H]3[C@H]1C. The lowest BCUT2D eigenvalue weighted by Crippen LogP contribution is -2.60. The number of hydrogen-bond donors (Lipinski definition) is 2. The van der Waals surface area contributed by atoms with Crippen LogP contribution in [-0.2, 0) is 4.79 Å². The normalized spacial score (nSPS) is 35.8. The van der Waals surface area contributed by atoms with Gasteiger partial charge in [-0.05, 0) is 56.8 Å². The molecule has 5 heteroatoms. The van der Waals surface area contributed by atoms with Crippen LogP contribution in [0.15, 0.2) is 0 Å². The Morgan fingerprint density at radius 2 is 2.12 bits per heavy atom. The number of carbonyl (C=O) groups is 2. The maximum Gasteiger partial charge on any atom is 0.315 e. The van der Waals surface area contributed by atoms with Crippen LogP contribution in [0, 0.1) is 11.8 Å². The van der Waals surface area contributed by atoms with E-state index in [4.69, 9.17) is 0 Å². The minimum absolute atomic E-state index is 0.0239. The fraction of sp³-hybridized carbons (Fsp3) is 0.895. The van der Waals surface area contributed by atoms with Crippen molar-refractivity contribution in [3.63, 3.8) is 0 Å². The van der Waals surface area contributed by atoms with Crippen LogP contribution in [0.4, 0.5) is 4.79 Å². The van der Waals surface area contributed by atoms with Gasteiger partial charge in [0.25, 0.3) is 0 Å². The quantitative estimate of drug-likeness (QED) is 0.776. The Morgan fingerprint density at radius 1 is 1.29 bits per heavy atom. The van der Waals surface area contributed by atoms with E-state index in [0.29, 0.717) is 24.2 Å². The first-order chi connectivity index (χ1) is 11.6. The van der Waals surface area contributed by atoms with Crippen molar-refractivity contribution in [3.8, 4) is 0 Å². The lowest BCUT2D eigenvalue weighted by atomic mass is 9.63. The largest absolute Gasteiger partial charge is 0.338 e. The van der Waals surface area contributed by atoms with Gasteiger partial charge in [-0.15, -0.1) is 0 Å². The van der Waals surface area contributed by atoms with Crippen LogP contribution >= 0.6 is 0 Å². The van der Waals surface area contributed by atoms with Crippen molar-refractivity contribution >= 4 is 11.9 Å². The summed E-state index contributed by atoms with van der Waals surface area (Å²) in [5.41, 5.74) is 0.0872. The molecule has 1 spiro atoms. The summed E-state index contributed by atoms with van der Waals surface area (Å²) in [6.07, 6.45) is 9.29. The van der Waals surface area contributed by atoms with Crippen LogP contribution in [0.3, 0.4) is 0 Å². The number of urea groups is 1. The molecule has 0 radical (unpaired) electrons. The molecule has 0 bridgehead atoms. The fourth-order valence-electron chi connectivity index (χ4n) is 5.48. The molecule has 2 heterocycles. The van der Waals surface area contributed by atoms with Crippen molar-refractivity contribution in [2.45, 2.75) is 83.2 Å². The maximum absolute atomic E-state index is 12.5. The van der Waals surface area contributed by atoms with E-state index in [1.54, 1.807) is 0 Å². The highest BCUT2D eigenvalue weighted by molar-refractivity contribution is 5.78. The summed E-state index contributed by atoms with van der Waals surface area (Å²) in [4.78, 5) is 26.9. The number of rotatable bonds is 4. The predicted octanol–water partition coefficient (Wildman–Crippen LogP) is 3.05. The third-order valence-electron chi connectivity index (χ3n) is 6.72. The van der Waals surface area contributed by atoms with Gasteiger partial charge in [-0.25, -0.2) is 4.79 Å². The molecule has 0 aromatic rings. The molecule has 5 nitrogen and oxygen atoms in total. The second kappa shape index (κ2) is 7.32. The Morgan fingerprint density at radius 3 is 2.92 bits per heavy atom. The first-order valence-corrected chi connectivity index (χ1v) is 9.93. The van der Waals surface area contributed by atoms with Gasteiger partial charge in [-0.3, -0.25) is 4.79 Å². The monoisotopic (exact) mass is 335 g/mol. The smallest absolute Gasteiger partial charge is 0.315 e. The van der Waals surface area contributed by atoms with E-state index in [1.807, 2.05) is 0 Å². The van der Waals surface area contributed by atoms with Gasteiger partial charge in [0, 0.05) is 31.1 Å². The van der Waals surface area contributed by atoms with Crippen LogP contribution < -0.4 is 10.6 Å². The molecular formula is C19H33N3O2. The molecule has 1 saturated carbocycles. The molecule has 3 amide bonds. The molecule has 4 atom stereocenters. The van der Waals surface area contributed by atoms with Gasteiger partial charge < -0.3 is 15.5 Å². The molecule has 3 fully saturated rings. The van der Waals surface area contributed by atoms with Gasteiger partial charge in [0.1, 0.15) is 0 Å². The highest BCUT2D eigenvalue weighted by atomic mass is 16.2. The Bertz CT molecular complexity index is 481. The standard InChI is InChI=1S/C19H33N3O2/c1-3-4-12-20-18(24)21-16-9-11-19-10-6-13-22(19)17(23)8-5-7-15(19)14(16)2/h14-16H,3-13H2,1-2H3,(H2,20,21,24)/t14-,15+,16+,19-/m1/s1. The summed E-state index contributed by atoms with van der Waals surface area (Å²) in [6.45, 7) is 6.11. The average Bonchev–Trinajstić information content (AvgIpc) is 2.92. The minimum Gasteiger partial charge on any atom is -0.338 e. The van der Waals surface area contributed by atoms with Crippen LogP contribution in [-0.4, -0.2) is 41.5 Å². The molecule has 2 aliphatic heterocycles. The van der Waals surface area contributed by atoms with Crippen molar-refractivity contribution in [1.82, 2.24) is 15.5 Å². The first-order valence-electron chi connectivity index (χ1n) is 9.93. The van der Waals surface area contributed by atoms with Crippen LogP contribution in [0.5, 0.6) is 0 Å². The molecule has 136 valence electrons. The fourth-order valence-corrected chi connectivity index (χ4v) is 5.48. The first kappa shape index (κ1) is 17.6. The molecule has 0 aromatic heterocycles. The Kier molecular flexibility index (Phi) is 5.36. The molecule has 0 unspecified atom stereocenters. The Labute approximate surface area is 145 Å². The van der Waals surface area contributed by atoms with Crippen LogP contribution in [0.25, 0.3) is 0 Å². The summed E-state index contributed by atoms with van der Waals surface area (Å²) >= 11 is 0. The lowest BCUT2D eigenvalue weighted by molar-refractivity contribution is -0.138. The van der Waals surface area contributed by atoms with Gasteiger partial charge in [-0.2, -0.15) is 0 Å². The topological polar surface area (TPSA) is 61.4 Å². The summed E-state index contributed by atoms with van der Waals surface area (Å²) < 4.78 is 0. The van der Waals surface area contributed by atoms with E-state index in [2.05, 4.69) is 29.4 Å². The van der Waals surface area contributed by atoms with Crippen molar-refractivity contribution in [1.29, 1.82) is 0 Å². The van der Waals surface area contributed by atoms with E-state index in [0.717, 1.165) is 64.5 Å². The maximum atomic E-state index is 12.5. The van der Waals surface area contributed by atoms with Crippen LogP contribution in [0.2, 0.25) is 0 Å². The van der Waals surface area contributed by atoms with E-state index in [1.165, 1.54) is 0 Å². The number of nitrogens with one attached hydrogen (secondary N) is 2. The van der Waals surface area contributed by atoms with Gasteiger partial charge >= 0.3 is 6.03 Å². The number of amides is 3. The van der Waals surface area contributed by atoms with E-state index in [9.17, 15) is 9.59 Å². The number of unbranched alkanes of at least 4 members (excludes halogenated alkanes) is 1. The predicted molar refractivity (Wildman–Crippen MR) is 94.6 cm³/mol. The molecule has 0 aromatic carbocycles. The van der Waals surface area contributed by atoms with Crippen molar-refractivity contribution < 1.29 is 9.59 Å². The lowest BCUT2D eigenvalue weighted by Gasteiger charge is -2.52. The van der Waals surface area contributed by atoms with Gasteiger partial charge in [0.05, 0.1) is 0 Å². The average molecular weight is 335 g/mol. The molecule has 3 aliphatic rings. The molecular weight excluding hydrogens is 302 g/mol. The van der Waals surface area contributed by atoms with E-state index in [-0.39, 0.29) is 17.6 Å². The zero-order valence-electron chi connectivity index (χ0n) is 15.3. The van der Waals surface area contributed by atoms with Crippen molar-refractivity contribution in [3.05, 3.63) is 0 Å². The van der Waals surface area contributed by atoms with Gasteiger partial charge in [0.15, 0.2) is 0 Å². The van der Waals surface area contributed by atoms with Crippen LogP contribution in [0.1, 0.15) is 71.6 Å². The number of carbonyl (C=O) groups excluding carboxylic acids is 2. The molecule has 2 saturated heterocycles. The minimum atomic E-state index is -0.0239. The highest BCUT2D eigenvalue weighted by Crippen LogP contribution is 2.51. The molecule has 24 heavy (non-hydrogen) atoms. The molecule has 1 aliphatic carbocycles. The third-order valence-corrected chi connectivity index (χ3v) is 6.72. The molecule has 3 rings (SSSR count). The summed E-state index contributed by atoms with van der Waals surface area (Å²) in [7, 11) is 0. The van der Waals surface area contributed by atoms with E-state index >= 15 is 0 Å².